The van der Waals surface area contributed by atoms with Crippen LogP contribution in [0.25, 0.3) is 0 Å². The summed E-state index contributed by atoms with van der Waals surface area (Å²) < 4.78 is 10.9. The molecule has 4 N–H and O–H groups in total. The SMILES string of the molecule is CCOC(=O)COC1CCC(C2NC(C3CCC4CCCCC4C3)NC(C3CCC4CCCCC4C3)N2)C(O)C1. The average molecular weight is 560 g/mol. The minimum Gasteiger partial charge on any atom is -0.464 e. The van der Waals surface area contributed by atoms with Gasteiger partial charge in [0.05, 0.1) is 37.3 Å². The summed E-state index contributed by atoms with van der Waals surface area (Å²) in [5.74, 6) is 4.96. The Labute approximate surface area is 242 Å². The predicted molar refractivity (Wildman–Crippen MR) is 156 cm³/mol. The maximum absolute atomic E-state index is 11.8. The van der Waals surface area contributed by atoms with Crippen LogP contribution in [0.4, 0.5) is 0 Å². The summed E-state index contributed by atoms with van der Waals surface area (Å²) in [5, 5.41) is 23.6. The largest absolute Gasteiger partial charge is 0.464 e. The Bertz CT molecular complexity index is 786. The molecule has 0 aromatic rings. The van der Waals surface area contributed by atoms with E-state index in [1.807, 2.05) is 6.92 Å². The van der Waals surface area contributed by atoms with Crippen molar-refractivity contribution >= 4 is 5.97 Å². The van der Waals surface area contributed by atoms with Gasteiger partial charge in [0, 0.05) is 5.92 Å². The molecular formula is C33H57N3O4. The fraction of sp³-hybridized carbons (Fsp3) is 0.970. The summed E-state index contributed by atoms with van der Waals surface area (Å²) in [6, 6.07) is 0. The second-order valence-electron chi connectivity index (χ2n) is 14.5. The van der Waals surface area contributed by atoms with Gasteiger partial charge >= 0.3 is 5.97 Å². The summed E-state index contributed by atoms with van der Waals surface area (Å²) in [5.41, 5.74) is 0. The van der Waals surface area contributed by atoms with Crippen LogP contribution in [0.2, 0.25) is 0 Å². The van der Waals surface area contributed by atoms with E-state index in [1.165, 1.54) is 89.9 Å². The Morgan fingerprint density at radius 2 is 1.18 bits per heavy atom. The standard InChI is InChI=1S/C33H57N3O4/c1-2-39-30(38)20-40-27-15-16-28(29(37)19-27)33-35-31(25-13-11-21-7-3-5-9-23(21)17-25)34-32(36-33)26-14-12-22-8-4-6-10-24(22)18-26/h21-29,31-37H,2-20H2,1H3. The van der Waals surface area contributed by atoms with Gasteiger partial charge in [-0.15, -0.1) is 0 Å². The minimum absolute atomic E-state index is 0.0163. The molecule has 7 heteroatoms. The molecule has 0 aromatic heterocycles. The highest BCUT2D eigenvalue weighted by Gasteiger charge is 2.45. The van der Waals surface area contributed by atoms with Crippen molar-refractivity contribution < 1.29 is 19.4 Å². The van der Waals surface area contributed by atoms with Crippen molar-refractivity contribution in [2.45, 2.75) is 147 Å². The van der Waals surface area contributed by atoms with Crippen LogP contribution in [-0.4, -0.2) is 55.0 Å². The highest BCUT2D eigenvalue weighted by molar-refractivity contribution is 5.70. The fourth-order valence-electron chi connectivity index (χ4n) is 10.0. The molecule has 11 atom stereocenters. The van der Waals surface area contributed by atoms with Crippen LogP contribution < -0.4 is 16.0 Å². The molecule has 228 valence electrons. The molecule has 0 radical (unpaired) electrons. The Balaban J connectivity index is 1.11. The molecule has 7 nitrogen and oxygen atoms in total. The molecule has 0 amide bonds. The Morgan fingerprint density at radius 1 is 0.650 bits per heavy atom. The maximum Gasteiger partial charge on any atom is 0.332 e. The van der Waals surface area contributed by atoms with Crippen LogP contribution in [0, 0.1) is 41.4 Å². The molecule has 0 spiro atoms. The van der Waals surface area contributed by atoms with Crippen molar-refractivity contribution in [2.24, 2.45) is 41.4 Å². The van der Waals surface area contributed by atoms with E-state index in [0.29, 0.717) is 37.2 Å². The molecule has 6 aliphatic rings. The maximum atomic E-state index is 11.8. The molecule has 40 heavy (non-hydrogen) atoms. The Morgan fingerprint density at radius 3 is 1.73 bits per heavy atom. The molecule has 6 rings (SSSR count). The lowest BCUT2D eigenvalue weighted by Gasteiger charge is -2.52. The summed E-state index contributed by atoms with van der Waals surface area (Å²) in [6.45, 7) is 2.17. The van der Waals surface area contributed by atoms with Crippen molar-refractivity contribution in [3.05, 3.63) is 0 Å². The zero-order valence-electron chi connectivity index (χ0n) is 25.0. The Kier molecular flexibility index (Phi) is 10.1. The molecule has 11 unspecified atom stereocenters. The van der Waals surface area contributed by atoms with Gasteiger partial charge in [0.15, 0.2) is 0 Å². The van der Waals surface area contributed by atoms with Crippen LogP contribution in [0.5, 0.6) is 0 Å². The van der Waals surface area contributed by atoms with Gasteiger partial charge in [-0.1, -0.05) is 51.4 Å². The van der Waals surface area contributed by atoms with Crippen molar-refractivity contribution in [1.82, 2.24) is 16.0 Å². The molecule has 1 heterocycles. The highest BCUT2D eigenvalue weighted by Crippen LogP contribution is 2.46. The number of aliphatic hydroxyl groups is 1. The topological polar surface area (TPSA) is 91.9 Å². The van der Waals surface area contributed by atoms with E-state index in [0.717, 1.165) is 36.5 Å². The van der Waals surface area contributed by atoms with Crippen LogP contribution in [0.3, 0.4) is 0 Å². The zero-order chi connectivity index (χ0) is 27.5. The van der Waals surface area contributed by atoms with Crippen molar-refractivity contribution in [3.8, 4) is 0 Å². The Hall–Kier alpha value is -0.730. The van der Waals surface area contributed by atoms with Gasteiger partial charge in [0.1, 0.15) is 6.61 Å². The average Bonchev–Trinajstić information content (AvgIpc) is 2.99. The van der Waals surface area contributed by atoms with E-state index < -0.39 is 6.10 Å². The number of hydrogen-bond donors (Lipinski definition) is 4. The highest BCUT2D eigenvalue weighted by atomic mass is 16.6. The van der Waals surface area contributed by atoms with E-state index >= 15 is 0 Å². The van der Waals surface area contributed by atoms with Gasteiger partial charge in [-0.25, -0.2) is 4.79 Å². The summed E-state index contributed by atoms with van der Waals surface area (Å²) in [7, 11) is 0. The molecule has 1 saturated heterocycles. The number of esters is 1. The number of ether oxygens (including phenoxy) is 2. The molecule has 0 bridgehead atoms. The number of nitrogens with one attached hydrogen (secondary N) is 3. The number of carbonyl (C=O) groups excluding carboxylic acids is 1. The van der Waals surface area contributed by atoms with Crippen LogP contribution in [0.1, 0.15) is 116 Å². The number of hydrogen-bond acceptors (Lipinski definition) is 7. The quantitative estimate of drug-likeness (QED) is 0.324. The third kappa shape index (κ3) is 6.90. The molecule has 1 aliphatic heterocycles. The monoisotopic (exact) mass is 559 g/mol. The third-order valence-corrected chi connectivity index (χ3v) is 12.2. The lowest BCUT2D eigenvalue weighted by molar-refractivity contribution is -0.153. The number of carbonyl (C=O) groups is 1. The van der Waals surface area contributed by atoms with Crippen molar-refractivity contribution in [3.63, 3.8) is 0 Å². The third-order valence-electron chi connectivity index (χ3n) is 12.2. The molecule has 0 aromatic carbocycles. The number of fused-ring (bicyclic) bond motifs is 2. The summed E-state index contributed by atoms with van der Waals surface area (Å²) in [4.78, 5) is 11.8. The molecule has 5 saturated carbocycles. The van der Waals surface area contributed by atoms with Gasteiger partial charge in [-0.3, -0.25) is 16.0 Å². The predicted octanol–water partition coefficient (Wildman–Crippen LogP) is 5.07. The van der Waals surface area contributed by atoms with E-state index in [9.17, 15) is 9.90 Å². The number of rotatable bonds is 7. The zero-order valence-corrected chi connectivity index (χ0v) is 25.0. The van der Waals surface area contributed by atoms with Crippen molar-refractivity contribution in [2.75, 3.05) is 13.2 Å². The van der Waals surface area contributed by atoms with E-state index in [1.54, 1.807) is 0 Å². The normalized spacial score (nSPS) is 46.1. The van der Waals surface area contributed by atoms with Gasteiger partial charge in [-0.2, -0.15) is 0 Å². The molecular weight excluding hydrogens is 502 g/mol. The van der Waals surface area contributed by atoms with Crippen LogP contribution in [0.15, 0.2) is 0 Å². The van der Waals surface area contributed by atoms with Crippen molar-refractivity contribution in [1.29, 1.82) is 0 Å². The fourth-order valence-corrected chi connectivity index (χ4v) is 10.0. The first kappa shape index (κ1) is 29.3. The van der Waals surface area contributed by atoms with E-state index in [4.69, 9.17) is 9.47 Å². The lowest BCUT2D eigenvalue weighted by Crippen LogP contribution is -2.73. The van der Waals surface area contributed by atoms with Gasteiger partial charge < -0.3 is 14.6 Å². The smallest absolute Gasteiger partial charge is 0.332 e. The molecule has 5 aliphatic carbocycles. The second kappa shape index (κ2) is 13.7. The van der Waals surface area contributed by atoms with Gasteiger partial charge in [-0.05, 0) is 100 Å². The summed E-state index contributed by atoms with van der Waals surface area (Å²) in [6.07, 6.45) is 22.3. The summed E-state index contributed by atoms with van der Waals surface area (Å²) >= 11 is 0. The minimum atomic E-state index is -0.437. The first-order chi connectivity index (χ1) is 19.6. The second-order valence-corrected chi connectivity index (χ2v) is 14.5. The van der Waals surface area contributed by atoms with E-state index in [2.05, 4.69) is 16.0 Å². The van der Waals surface area contributed by atoms with Gasteiger partial charge in [0.25, 0.3) is 0 Å². The van der Waals surface area contributed by atoms with Gasteiger partial charge in [0.2, 0.25) is 0 Å². The first-order valence-electron chi connectivity index (χ1n) is 17.3. The molecule has 6 fully saturated rings. The van der Waals surface area contributed by atoms with E-state index in [-0.39, 0.29) is 30.8 Å². The van der Waals surface area contributed by atoms with Crippen LogP contribution in [-0.2, 0) is 14.3 Å². The van der Waals surface area contributed by atoms with Crippen LogP contribution >= 0.6 is 0 Å². The first-order valence-corrected chi connectivity index (χ1v) is 17.3. The number of aliphatic hydroxyl groups excluding tert-OH is 1. The lowest BCUT2D eigenvalue weighted by atomic mass is 9.66.